The molecule has 21 heavy (non-hydrogen) atoms. The number of nitrogens with zero attached hydrogens (tertiary/aromatic N) is 1. The number of amides is 2. The number of carboxylic acids is 1. The summed E-state index contributed by atoms with van der Waals surface area (Å²) in [5, 5.41) is 12.0. The highest BCUT2D eigenvalue weighted by atomic mass is 16.4. The molecule has 2 amide bonds. The van der Waals surface area contributed by atoms with Gasteiger partial charge in [0.05, 0.1) is 5.41 Å². The number of rotatable bonds is 3. The van der Waals surface area contributed by atoms with E-state index in [0.29, 0.717) is 19.4 Å². The number of aryl methyl sites for hydroxylation is 1. The number of urea groups is 1. The molecule has 0 unspecified atom stereocenters. The van der Waals surface area contributed by atoms with Crippen LogP contribution in [-0.2, 0) is 11.2 Å². The highest BCUT2D eigenvalue weighted by Gasteiger charge is 2.50. The van der Waals surface area contributed by atoms with Crippen molar-refractivity contribution in [2.75, 3.05) is 18.0 Å². The normalized spacial score (nSPS) is 19.3. The SMILES string of the molecule is O=C(NCC1(C(=O)O)CC1)N1CCCCc2ccccc21. The summed E-state index contributed by atoms with van der Waals surface area (Å²) < 4.78 is 0. The summed E-state index contributed by atoms with van der Waals surface area (Å²) in [5.74, 6) is -0.806. The molecule has 0 bridgehead atoms. The maximum atomic E-state index is 12.4. The molecular formula is C16H20N2O3. The molecule has 3 rings (SSSR count). The molecule has 1 saturated carbocycles. The average Bonchev–Trinajstić information content (AvgIpc) is 3.29. The molecule has 5 nitrogen and oxygen atoms in total. The molecule has 0 saturated heterocycles. The van der Waals surface area contributed by atoms with Crippen LogP contribution in [0.15, 0.2) is 24.3 Å². The predicted octanol–water partition coefficient (Wildman–Crippen LogP) is 2.40. The van der Waals surface area contributed by atoms with Gasteiger partial charge in [0.25, 0.3) is 0 Å². The first-order valence-corrected chi connectivity index (χ1v) is 7.49. The van der Waals surface area contributed by atoms with E-state index in [1.54, 1.807) is 4.90 Å². The smallest absolute Gasteiger partial charge is 0.321 e. The Morgan fingerprint density at radius 2 is 2.00 bits per heavy atom. The summed E-state index contributed by atoms with van der Waals surface area (Å²) in [4.78, 5) is 25.3. The minimum atomic E-state index is -0.806. The van der Waals surface area contributed by atoms with Crippen LogP contribution >= 0.6 is 0 Å². The van der Waals surface area contributed by atoms with Crippen molar-refractivity contribution in [1.82, 2.24) is 5.32 Å². The van der Waals surface area contributed by atoms with Crippen LogP contribution in [0.2, 0.25) is 0 Å². The number of nitrogens with one attached hydrogen (secondary N) is 1. The number of anilines is 1. The lowest BCUT2D eigenvalue weighted by molar-refractivity contribution is -0.143. The van der Waals surface area contributed by atoms with Gasteiger partial charge in [0.2, 0.25) is 0 Å². The summed E-state index contributed by atoms with van der Waals surface area (Å²) in [7, 11) is 0. The van der Waals surface area contributed by atoms with E-state index in [1.807, 2.05) is 18.2 Å². The van der Waals surface area contributed by atoms with Crippen LogP contribution in [0, 0.1) is 5.41 Å². The second kappa shape index (κ2) is 5.39. The fourth-order valence-electron chi connectivity index (χ4n) is 2.86. The zero-order valence-corrected chi connectivity index (χ0v) is 12.0. The number of carbonyl (C=O) groups is 2. The number of hydrogen-bond acceptors (Lipinski definition) is 2. The van der Waals surface area contributed by atoms with Crippen LogP contribution in [0.3, 0.4) is 0 Å². The molecule has 1 aliphatic heterocycles. The lowest BCUT2D eigenvalue weighted by Gasteiger charge is -2.24. The van der Waals surface area contributed by atoms with Crippen molar-refractivity contribution >= 4 is 17.7 Å². The monoisotopic (exact) mass is 288 g/mol. The molecule has 1 aromatic carbocycles. The van der Waals surface area contributed by atoms with Crippen LogP contribution in [0.5, 0.6) is 0 Å². The molecule has 0 spiro atoms. The van der Waals surface area contributed by atoms with Gasteiger partial charge >= 0.3 is 12.0 Å². The van der Waals surface area contributed by atoms with Crippen LogP contribution < -0.4 is 10.2 Å². The Hall–Kier alpha value is -2.04. The summed E-state index contributed by atoms with van der Waals surface area (Å²) >= 11 is 0. The van der Waals surface area contributed by atoms with Crippen molar-refractivity contribution < 1.29 is 14.7 Å². The fraction of sp³-hybridized carbons (Fsp3) is 0.500. The third-order valence-corrected chi connectivity index (χ3v) is 4.49. The minimum Gasteiger partial charge on any atom is -0.481 e. The number of fused-ring (bicyclic) bond motifs is 1. The van der Waals surface area contributed by atoms with E-state index in [0.717, 1.165) is 24.9 Å². The summed E-state index contributed by atoms with van der Waals surface area (Å²) in [6, 6.07) is 7.76. The van der Waals surface area contributed by atoms with Gasteiger partial charge in [0.1, 0.15) is 0 Å². The first kappa shape index (κ1) is 13.9. The number of carboxylic acid groups (broad SMARTS) is 1. The summed E-state index contributed by atoms with van der Waals surface area (Å²) in [6.45, 7) is 0.906. The summed E-state index contributed by atoms with van der Waals surface area (Å²) in [5.41, 5.74) is 1.42. The molecule has 2 N–H and O–H groups in total. The molecule has 0 radical (unpaired) electrons. The van der Waals surface area contributed by atoms with E-state index in [-0.39, 0.29) is 12.6 Å². The lowest BCUT2D eigenvalue weighted by atomic mass is 10.1. The van der Waals surface area contributed by atoms with Crippen molar-refractivity contribution in [2.45, 2.75) is 32.1 Å². The third-order valence-electron chi connectivity index (χ3n) is 4.49. The number of hydrogen-bond donors (Lipinski definition) is 2. The van der Waals surface area contributed by atoms with Crippen molar-refractivity contribution in [3.63, 3.8) is 0 Å². The topological polar surface area (TPSA) is 69.6 Å². The van der Waals surface area contributed by atoms with E-state index in [1.165, 1.54) is 5.56 Å². The highest BCUT2D eigenvalue weighted by molar-refractivity contribution is 5.93. The fourth-order valence-corrected chi connectivity index (χ4v) is 2.86. The highest BCUT2D eigenvalue weighted by Crippen LogP contribution is 2.45. The predicted molar refractivity (Wildman–Crippen MR) is 79.4 cm³/mol. The van der Waals surface area contributed by atoms with Gasteiger partial charge in [-0.1, -0.05) is 18.2 Å². The quantitative estimate of drug-likeness (QED) is 0.897. The third kappa shape index (κ3) is 2.73. The van der Waals surface area contributed by atoms with Crippen LogP contribution in [-0.4, -0.2) is 30.2 Å². The number of carbonyl (C=O) groups excluding carboxylic acids is 1. The van der Waals surface area contributed by atoms with Gasteiger partial charge < -0.3 is 10.4 Å². The zero-order chi connectivity index (χ0) is 14.9. The van der Waals surface area contributed by atoms with Crippen LogP contribution in [0.1, 0.15) is 31.2 Å². The van der Waals surface area contributed by atoms with E-state index in [9.17, 15) is 9.59 Å². The maximum absolute atomic E-state index is 12.4. The van der Waals surface area contributed by atoms with E-state index in [4.69, 9.17) is 5.11 Å². The maximum Gasteiger partial charge on any atom is 0.321 e. The molecule has 1 aromatic rings. The Morgan fingerprint density at radius 1 is 1.24 bits per heavy atom. The standard InChI is InChI=1S/C16H20N2O3/c19-14(20)16(8-9-16)11-17-15(21)18-10-4-3-6-12-5-1-2-7-13(12)18/h1-2,5,7H,3-4,6,8-11H2,(H,17,21)(H,19,20). The molecule has 0 aromatic heterocycles. The van der Waals surface area contributed by atoms with Crippen LogP contribution in [0.25, 0.3) is 0 Å². The second-order valence-corrected chi connectivity index (χ2v) is 5.98. The van der Waals surface area contributed by atoms with Crippen molar-refractivity contribution in [3.8, 4) is 0 Å². The van der Waals surface area contributed by atoms with Gasteiger partial charge in [0.15, 0.2) is 0 Å². The molecular weight excluding hydrogens is 268 g/mol. The average molecular weight is 288 g/mol. The van der Waals surface area contributed by atoms with Crippen molar-refractivity contribution in [2.24, 2.45) is 5.41 Å². The molecule has 5 heteroatoms. The van der Waals surface area contributed by atoms with E-state index in [2.05, 4.69) is 11.4 Å². The first-order valence-electron chi connectivity index (χ1n) is 7.49. The lowest BCUT2D eigenvalue weighted by Crippen LogP contribution is -2.44. The molecule has 112 valence electrons. The molecule has 1 heterocycles. The van der Waals surface area contributed by atoms with Gasteiger partial charge in [-0.2, -0.15) is 0 Å². The summed E-state index contributed by atoms with van der Waals surface area (Å²) in [6.07, 6.45) is 4.32. The number of benzene rings is 1. The number of para-hydroxylation sites is 1. The Labute approximate surface area is 123 Å². The first-order chi connectivity index (χ1) is 10.1. The Morgan fingerprint density at radius 3 is 2.71 bits per heavy atom. The largest absolute Gasteiger partial charge is 0.481 e. The minimum absolute atomic E-state index is 0.183. The zero-order valence-electron chi connectivity index (χ0n) is 12.0. The number of aliphatic carboxylic acids is 1. The van der Waals surface area contributed by atoms with E-state index < -0.39 is 11.4 Å². The molecule has 2 aliphatic rings. The second-order valence-electron chi connectivity index (χ2n) is 5.98. The van der Waals surface area contributed by atoms with Gasteiger partial charge in [-0.05, 0) is 43.7 Å². The molecule has 1 aliphatic carbocycles. The Balaban J connectivity index is 1.71. The van der Waals surface area contributed by atoms with Gasteiger partial charge in [-0.25, -0.2) is 4.79 Å². The van der Waals surface area contributed by atoms with Gasteiger partial charge in [0, 0.05) is 18.8 Å². The van der Waals surface area contributed by atoms with Crippen molar-refractivity contribution in [1.29, 1.82) is 0 Å². The molecule has 1 fully saturated rings. The van der Waals surface area contributed by atoms with Gasteiger partial charge in [-0.15, -0.1) is 0 Å². The Kier molecular flexibility index (Phi) is 3.57. The van der Waals surface area contributed by atoms with E-state index >= 15 is 0 Å². The molecule has 0 atom stereocenters. The van der Waals surface area contributed by atoms with Crippen molar-refractivity contribution in [3.05, 3.63) is 29.8 Å². The van der Waals surface area contributed by atoms with Crippen LogP contribution in [0.4, 0.5) is 10.5 Å². The Bertz CT molecular complexity index is 566. The van der Waals surface area contributed by atoms with Gasteiger partial charge in [-0.3, -0.25) is 9.69 Å².